The standard InChI is InChI=1S/C16H23NO4/c1-5-14(11-18)17(15(19)21-16(2,3)4)20-12-13-9-7-6-8-10-13/h5-10,14,18H,1,11-12H2,2-4H3. The number of aliphatic hydroxyl groups is 1. The Morgan fingerprint density at radius 1 is 1.38 bits per heavy atom. The minimum atomic E-state index is -0.663. The Hall–Kier alpha value is -1.85. The first kappa shape index (κ1) is 17.2. The lowest BCUT2D eigenvalue weighted by molar-refractivity contribution is -0.176. The van der Waals surface area contributed by atoms with E-state index in [0.717, 1.165) is 10.6 Å². The van der Waals surface area contributed by atoms with Gasteiger partial charge in [-0.2, -0.15) is 5.06 Å². The second-order valence-electron chi connectivity index (χ2n) is 5.55. The highest BCUT2D eigenvalue weighted by Gasteiger charge is 2.27. The Kier molecular flexibility index (Phi) is 6.39. The number of rotatable bonds is 6. The SMILES string of the molecule is C=CC(CO)N(OCc1ccccc1)C(=O)OC(C)(C)C. The molecule has 21 heavy (non-hydrogen) atoms. The predicted molar refractivity (Wildman–Crippen MR) is 80.4 cm³/mol. The van der Waals surface area contributed by atoms with E-state index in [1.807, 2.05) is 30.3 Å². The average molecular weight is 293 g/mol. The zero-order valence-corrected chi connectivity index (χ0v) is 12.8. The number of nitrogens with zero attached hydrogens (tertiary/aromatic N) is 1. The average Bonchev–Trinajstić information content (AvgIpc) is 2.42. The molecule has 1 rings (SSSR count). The molecule has 0 aliphatic rings. The monoisotopic (exact) mass is 293 g/mol. The van der Waals surface area contributed by atoms with Crippen molar-refractivity contribution < 1.29 is 19.5 Å². The maximum absolute atomic E-state index is 12.2. The minimum absolute atomic E-state index is 0.199. The summed E-state index contributed by atoms with van der Waals surface area (Å²) in [6.45, 7) is 8.80. The van der Waals surface area contributed by atoms with Crippen molar-refractivity contribution in [3.8, 4) is 0 Å². The van der Waals surface area contributed by atoms with Crippen LogP contribution in [0.5, 0.6) is 0 Å². The zero-order chi connectivity index (χ0) is 15.9. The molecule has 1 atom stereocenters. The number of carbonyl (C=O) groups excluding carboxylic acids is 1. The quantitative estimate of drug-likeness (QED) is 0.647. The summed E-state index contributed by atoms with van der Waals surface area (Å²) in [5.74, 6) is 0. The predicted octanol–water partition coefficient (Wildman–Crippen LogP) is 2.90. The number of carbonyl (C=O) groups is 1. The Balaban J connectivity index is 2.77. The molecule has 1 amide bonds. The molecule has 0 saturated carbocycles. The molecule has 0 aliphatic heterocycles. The second-order valence-corrected chi connectivity index (χ2v) is 5.55. The van der Waals surface area contributed by atoms with Crippen LogP contribution in [0.4, 0.5) is 4.79 Å². The molecule has 1 N–H and O–H groups in total. The Morgan fingerprint density at radius 2 is 2.00 bits per heavy atom. The van der Waals surface area contributed by atoms with Crippen LogP contribution in [0.1, 0.15) is 26.3 Å². The molecule has 0 aliphatic carbocycles. The molecule has 1 unspecified atom stereocenters. The largest absolute Gasteiger partial charge is 0.442 e. The maximum Gasteiger partial charge on any atom is 0.435 e. The molecule has 0 bridgehead atoms. The number of ether oxygens (including phenoxy) is 1. The Morgan fingerprint density at radius 3 is 2.48 bits per heavy atom. The van der Waals surface area contributed by atoms with E-state index in [-0.39, 0.29) is 13.2 Å². The second kappa shape index (κ2) is 7.81. The summed E-state index contributed by atoms with van der Waals surface area (Å²) < 4.78 is 5.28. The molecule has 0 aromatic heterocycles. The summed E-state index contributed by atoms with van der Waals surface area (Å²) in [5.41, 5.74) is 0.263. The van der Waals surface area contributed by atoms with Gasteiger partial charge in [0.05, 0.1) is 6.61 Å². The lowest BCUT2D eigenvalue weighted by atomic mass is 10.2. The summed E-state index contributed by atoms with van der Waals surface area (Å²) in [4.78, 5) is 17.7. The van der Waals surface area contributed by atoms with Gasteiger partial charge in [-0.3, -0.25) is 4.84 Å². The summed E-state index contributed by atoms with van der Waals surface area (Å²) in [6.07, 6.45) is 0.784. The van der Waals surface area contributed by atoms with Crippen LogP contribution in [-0.2, 0) is 16.2 Å². The van der Waals surface area contributed by atoms with Gasteiger partial charge in [0.2, 0.25) is 0 Å². The molecule has 5 heteroatoms. The van der Waals surface area contributed by atoms with Crippen LogP contribution in [0.25, 0.3) is 0 Å². The molecule has 1 aromatic rings. The smallest absolute Gasteiger partial charge is 0.435 e. The minimum Gasteiger partial charge on any atom is -0.442 e. The fourth-order valence-corrected chi connectivity index (χ4v) is 1.55. The molecule has 116 valence electrons. The van der Waals surface area contributed by atoms with Crippen LogP contribution in [0.3, 0.4) is 0 Å². The molecular weight excluding hydrogens is 270 g/mol. The first-order valence-corrected chi connectivity index (χ1v) is 6.80. The third-order valence-electron chi connectivity index (χ3n) is 2.55. The summed E-state index contributed by atoms with van der Waals surface area (Å²) >= 11 is 0. The van der Waals surface area contributed by atoms with Gasteiger partial charge in [0.25, 0.3) is 0 Å². The number of benzene rings is 1. The highest BCUT2D eigenvalue weighted by molar-refractivity contribution is 5.67. The van der Waals surface area contributed by atoms with Crippen LogP contribution in [0, 0.1) is 0 Å². The van der Waals surface area contributed by atoms with E-state index in [1.165, 1.54) is 6.08 Å². The van der Waals surface area contributed by atoms with Gasteiger partial charge in [-0.05, 0) is 26.3 Å². The highest BCUT2D eigenvalue weighted by Crippen LogP contribution is 2.14. The number of amides is 1. The summed E-state index contributed by atoms with van der Waals surface area (Å²) in [5, 5.41) is 10.4. The van der Waals surface area contributed by atoms with Crippen molar-refractivity contribution in [1.82, 2.24) is 5.06 Å². The van der Waals surface area contributed by atoms with E-state index in [1.54, 1.807) is 20.8 Å². The molecule has 1 aromatic carbocycles. The van der Waals surface area contributed by atoms with E-state index < -0.39 is 17.7 Å². The molecule has 0 heterocycles. The maximum atomic E-state index is 12.2. The van der Waals surface area contributed by atoms with Crippen LogP contribution in [0.15, 0.2) is 43.0 Å². The van der Waals surface area contributed by atoms with Crippen molar-refractivity contribution in [2.24, 2.45) is 0 Å². The van der Waals surface area contributed by atoms with Gasteiger partial charge in [-0.15, -0.1) is 6.58 Å². The fourth-order valence-electron chi connectivity index (χ4n) is 1.55. The number of hydrogen-bond donors (Lipinski definition) is 1. The lowest BCUT2D eigenvalue weighted by Crippen LogP contribution is -2.44. The lowest BCUT2D eigenvalue weighted by Gasteiger charge is -2.30. The van der Waals surface area contributed by atoms with Gasteiger partial charge < -0.3 is 9.84 Å². The van der Waals surface area contributed by atoms with Gasteiger partial charge in [0.1, 0.15) is 18.2 Å². The van der Waals surface area contributed by atoms with E-state index in [0.29, 0.717) is 0 Å². The van der Waals surface area contributed by atoms with Crippen molar-refractivity contribution in [2.75, 3.05) is 6.61 Å². The fraction of sp³-hybridized carbons (Fsp3) is 0.438. The van der Waals surface area contributed by atoms with Gasteiger partial charge in [-0.1, -0.05) is 36.4 Å². The van der Waals surface area contributed by atoms with E-state index in [9.17, 15) is 9.90 Å². The van der Waals surface area contributed by atoms with Gasteiger partial charge in [-0.25, -0.2) is 4.79 Å². The summed E-state index contributed by atoms with van der Waals surface area (Å²) in [7, 11) is 0. The molecule has 0 fully saturated rings. The van der Waals surface area contributed by atoms with Gasteiger partial charge in [0, 0.05) is 0 Å². The van der Waals surface area contributed by atoms with Crippen molar-refractivity contribution >= 4 is 6.09 Å². The normalized spacial score (nSPS) is 12.6. The Bertz CT molecular complexity index is 453. The zero-order valence-electron chi connectivity index (χ0n) is 12.8. The third-order valence-corrected chi connectivity index (χ3v) is 2.55. The van der Waals surface area contributed by atoms with Crippen molar-refractivity contribution in [3.05, 3.63) is 48.6 Å². The summed E-state index contributed by atoms with van der Waals surface area (Å²) in [6, 6.07) is 8.77. The topological polar surface area (TPSA) is 59.0 Å². The van der Waals surface area contributed by atoms with E-state index in [4.69, 9.17) is 9.57 Å². The van der Waals surface area contributed by atoms with Crippen LogP contribution in [0.2, 0.25) is 0 Å². The van der Waals surface area contributed by atoms with Crippen molar-refractivity contribution in [2.45, 2.75) is 39.0 Å². The van der Waals surface area contributed by atoms with Crippen LogP contribution < -0.4 is 0 Å². The van der Waals surface area contributed by atoms with Crippen LogP contribution >= 0.6 is 0 Å². The van der Waals surface area contributed by atoms with Gasteiger partial charge in [0.15, 0.2) is 0 Å². The number of hydroxylamine groups is 2. The number of hydrogen-bond acceptors (Lipinski definition) is 4. The third kappa shape index (κ3) is 5.97. The first-order chi connectivity index (χ1) is 9.87. The van der Waals surface area contributed by atoms with E-state index >= 15 is 0 Å². The molecule has 0 saturated heterocycles. The Labute approximate surface area is 125 Å². The van der Waals surface area contributed by atoms with Gasteiger partial charge >= 0.3 is 6.09 Å². The molecule has 0 spiro atoms. The highest BCUT2D eigenvalue weighted by atomic mass is 16.7. The molecular formula is C16H23NO4. The van der Waals surface area contributed by atoms with Crippen LogP contribution in [-0.4, -0.2) is 34.5 Å². The first-order valence-electron chi connectivity index (χ1n) is 6.80. The van der Waals surface area contributed by atoms with Crippen molar-refractivity contribution in [3.63, 3.8) is 0 Å². The number of aliphatic hydroxyl groups excluding tert-OH is 1. The molecule has 0 radical (unpaired) electrons. The van der Waals surface area contributed by atoms with E-state index in [2.05, 4.69) is 6.58 Å². The molecule has 5 nitrogen and oxygen atoms in total. The van der Waals surface area contributed by atoms with Crippen molar-refractivity contribution in [1.29, 1.82) is 0 Å².